The molecule has 0 aliphatic rings. The van der Waals surface area contributed by atoms with Crippen LogP contribution in [0.3, 0.4) is 0 Å². The Balaban J connectivity index is 1.63. The maximum absolute atomic E-state index is 5.30. The van der Waals surface area contributed by atoms with E-state index in [0.29, 0.717) is 11.7 Å². The third-order valence-corrected chi connectivity index (χ3v) is 4.06. The lowest BCUT2D eigenvalue weighted by Gasteiger charge is -2.10. The molecule has 4 nitrogen and oxygen atoms in total. The maximum Gasteiger partial charge on any atom is 0.171 e. The van der Waals surface area contributed by atoms with E-state index in [0.717, 1.165) is 27.7 Å². The van der Waals surface area contributed by atoms with Crippen LogP contribution in [0.4, 0.5) is 5.69 Å². The van der Waals surface area contributed by atoms with Crippen molar-refractivity contribution >= 4 is 34.4 Å². The fourth-order valence-corrected chi connectivity index (χ4v) is 2.82. The lowest BCUT2D eigenvalue weighted by Crippen LogP contribution is -2.27. The highest BCUT2D eigenvalue weighted by molar-refractivity contribution is 7.80. The second-order valence-electron chi connectivity index (χ2n) is 4.72. The number of hydrogen-bond donors (Lipinski definition) is 2. The molecule has 0 saturated heterocycles. The van der Waals surface area contributed by atoms with E-state index < -0.39 is 0 Å². The number of aryl methyl sites for hydroxylation is 1. The molecule has 22 heavy (non-hydrogen) atoms. The van der Waals surface area contributed by atoms with Crippen molar-refractivity contribution in [3.8, 4) is 11.3 Å². The Morgan fingerprint density at radius 3 is 2.95 bits per heavy atom. The van der Waals surface area contributed by atoms with Gasteiger partial charge in [-0.2, -0.15) is 0 Å². The lowest BCUT2D eigenvalue weighted by atomic mass is 10.1. The zero-order chi connectivity index (χ0) is 15.4. The zero-order valence-electron chi connectivity index (χ0n) is 12.0. The molecule has 2 N–H and O–H groups in total. The highest BCUT2D eigenvalue weighted by Crippen LogP contribution is 2.24. The Morgan fingerprint density at radius 1 is 1.32 bits per heavy atom. The second kappa shape index (κ2) is 6.72. The average molecular weight is 329 g/mol. The molecule has 0 amide bonds. The predicted molar refractivity (Wildman–Crippen MR) is 94.1 cm³/mol. The van der Waals surface area contributed by atoms with Crippen LogP contribution >= 0.6 is 23.6 Å². The molecule has 2 aromatic heterocycles. The lowest BCUT2D eigenvalue weighted by molar-refractivity contribution is 0.503. The first kappa shape index (κ1) is 14.7. The van der Waals surface area contributed by atoms with Crippen molar-refractivity contribution in [2.24, 2.45) is 0 Å². The summed E-state index contributed by atoms with van der Waals surface area (Å²) in [7, 11) is 0. The minimum atomic E-state index is 0.558. The summed E-state index contributed by atoms with van der Waals surface area (Å²) >= 11 is 6.94. The number of furan rings is 1. The summed E-state index contributed by atoms with van der Waals surface area (Å²) in [4.78, 5) is 4.50. The molecule has 0 bridgehead atoms. The van der Waals surface area contributed by atoms with Gasteiger partial charge in [0.2, 0.25) is 0 Å². The van der Waals surface area contributed by atoms with Crippen LogP contribution in [0.25, 0.3) is 11.3 Å². The molecule has 0 spiro atoms. The number of benzene rings is 1. The van der Waals surface area contributed by atoms with E-state index in [-0.39, 0.29) is 0 Å². The molecule has 0 aliphatic heterocycles. The van der Waals surface area contributed by atoms with Gasteiger partial charge < -0.3 is 15.1 Å². The standard InChI is InChI=1S/C16H15N3OS2/c1-11-18-15(10-22-11)12-4-2-5-13(8-12)19-16(21)17-9-14-6-3-7-20-14/h2-8,10H,9H2,1H3,(H2,17,19,21). The van der Waals surface area contributed by atoms with Gasteiger partial charge in [-0.1, -0.05) is 12.1 Å². The summed E-state index contributed by atoms with van der Waals surface area (Å²) in [5.41, 5.74) is 2.99. The van der Waals surface area contributed by atoms with Crippen LogP contribution in [0.5, 0.6) is 0 Å². The second-order valence-corrected chi connectivity index (χ2v) is 6.19. The molecule has 0 radical (unpaired) electrons. The maximum atomic E-state index is 5.30. The Hall–Kier alpha value is -2.18. The average Bonchev–Trinajstić information content (AvgIpc) is 3.17. The van der Waals surface area contributed by atoms with Gasteiger partial charge in [0.15, 0.2) is 5.11 Å². The van der Waals surface area contributed by atoms with Crippen LogP contribution in [0.2, 0.25) is 0 Å². The molecule has 112 valence electrons. The molecule has 1 aromatic carbocycles. The van der Waals surface area contributed by atoms with E-state index in [9.17, 15) is 0 Å². The van der Waals surface area contributed by atoms with Crippen molar-refractivity contribution in [3.63, 3.8) is 0 Å². The fraction of sp³-hybridized carbons (Fsp3) is 0.125. The van der Waals surface area contributed by atoms with E-state index in [1.807, 2.05) is 43.3 Å². The number of hydrogen-bond acceptors (Lipinski definition) is 4. The van der Waals surface area contributed by atoms with Crippen molar-refractivity contribution in [2.75, 3.05) is 5.32 Å². The highest BCUT2D eigenvalue weighted by atomic mass is 32.1. The van der Waals surface area contributed by atoms with Crippen molar-refractivity contribution in [2.45, 2.75) is 13.5 Å². The first-order valence-corrected chi connectivity index (χ1v) is 8.09. The van der Waals surface area contributed by atoms with Crippen LogP contribution in [-0.4, -0.2) is 10.1 Å². The van der Waals surface area contributed by atoms with Gasteiger partial charge in [-0.3, -0.25) is 0 Å². The fourth-order valence-electron chi connectivity index (χ4n) is 2.01. The van der Waals surface area contributed by atoms with Gasteiger partial charge in [0, 0.05) is 16.6 Å². The topological polar surface area (TPSA) is 50.1 Å². The first-order chi connectivity index (χ1) is 10.7. The Morgan fingerprint density at radius 2 is 2.23 bits per heavy atom. The molecule has 0 unspecified atom stereocenters. The predicted octanol–water partition coefficient (Wildman–Crippen LogP) is 4.20. The summed E-state index contributed by atoms with van der Waals surface area (Å²) in [6, 6.07) is 11.8. The highest BCUT2D eigenvalue weighted by Gasteiger charge is 2.04. The third kappa shape index (κ3) is 3.72. The van der Waals surface area contributed by atoms with Gasteiger partial charge in [0.1, 0.15) is 5.76 Å². The zero-order valence-corrected chi connectivity index (χ0v) is 13.6. The molecule has 6 heteroatoms. The molecule has 0 fully saturated rings. The number of nitrogens with zero attached hydrogens (tertiary/aromatic N) is 1. The van der Waals surface area contributed by atoms with Crippen molar-refractivity contribution in [1.82, 2.24) is 10.3 Å². The van der Waals surface area contributed by atoms with Gasteiger partial charge in [0.25, 0.3) is 0 Å². The van der Waals surface area contributed by atoms with Gasteiger partial charge in [-0.15, -0.1) is 11.3 Å². The number of thiocarbonyl (C=S) groups is 1. The van der Waals surface area contributed by atoms with Crippen molar-refractivity contribution < 1.29 is 4.42 Å². The third-order valence-electron chi connectivity index (χ3n) is 3.04. The molecule has 3 rings (SSSR count). The Kier molecular flexibility index (Phi) is 4.50. The van der Waals surface area contributed by atoms with E-state index in [1.165, 1.54) is 0 Å². The largest absolute Gasteiger partial charge is 0.467 e. The van der Waals surface area contributed by atoms with E-state index >= 15 is 0 Å². The molecular formula is C16H15N3OS2. The van der Waals surface area contributed by atoms with E-state index in [1.54, 1.807) is 17.6 Å². The summed E-state index contributed by atoms with van der Waals surface area (Å²) in [6.45, 7) is 2.56. The van der Waals surface area contributed by atoms with Crippen LogP contribution < -0.4 is 10.6 Å². The minimum Gasteiger partial charge on any atom is -0.467 e. The molecule has 3 aromatic rings. The van der Waals surface area contributed by atoms with Crippen LogP contribution in [0.1, 0.15) is 10.8 Å². The van der Waals surface area contributed by atoms with E-state index in [2.05, 4.69) is 21.0 Å². The van der Waals surface area contributed by atoms with Gasteiger partial charge in [0.05, 0.1) is 23.5 Å². The normalized spacial score (nSPS) is 10.4. The summed E-state index contributed by atoms with van der Waals surface area (Å²) < 4.78 is 5.26. The molecular weight excluding hydrogens is 314 g/mol. The number of aromatic nitrogens is 1. The smallest absolute Gasteiger partial charge is 0.171 e. The quantitative estimate of drug-likeness (QED) is 0.703. The first-order valence-electron chi connectivity index (χ1n) is 6.80. The summed E-state index contributed by atoms with van der Waals surface area (Å²) in [5.74, 6) is 0.843. The number of nitrogens with one attached hydrogen (secondary N) is 2. The Labute approximate surface area is 138 Å². The molecule has 0 aliphatic carbocycles. The van der Waals surface area contributed by atoms with Gasteiger partial charge >= 0.3 is 0 Å². The van der Waals surface area contributed by atoms with Crippen molar-refractivity contribution in [1.29, 1.82) is 0 Å². The van der Waals surface area contributed by atoms with Crippen molar-refractivity contribution in [3.05, 3.63) is 58.8 Å². The minimum absolute atomic E-state index is 0.558. The van der Waals surface area contributed by atoms with E-state index in [4.69, 9.17) is 16.6 Å². The van der Waals surface area contributed by atoms with Gasteiger partial charge in [-0.05, 0) is 43.4 Å². The molecule has 2 heterocycles. The summed E-state index contributed by atoms with van der Waals surface area (Å²) in [6.07, 6.45) is 1.65. The molecule has 0 atom stereocenters. The number of rotatable bonds is 4. The summed E-state index contributed by atoms with van der Waals surface area (Å²) in [5, 5.41) is 9.96. The SMILES string of the molecule is Cc1nc(-c2cccc(NC(=S)NCc3ccco3)c2)cs1. The monoisotopic (exact) mass is 329 g/mol. The van der Waals surface area contributed by atoms with Gasteiger partial charge in [-0.25, -0.2) is 4.98 Å². The van der Waals surface area contributed by atoms with Crippen LogP contribution in [-0.2, 0) is 6.54 Å². The Bertz CT molecular complexity index is 765. The number of anilines is 1. The number of thiazole rings is 1. The van der Waals surface area contributed by atoms with Crippen LogP contribution in [0.15, 0.2) is 52.5 Å². The van der Waals surface area contributed by atoms with Crippen LogP contribution in [0, 0.1) is 6.92 Å². The molecule has 0 saturated carbocycles.